The predicted molar refractivity (Wildman–Crippen MR) is 82.0 cm³/mol. The van der Waals surface area contributed by atoms with E-state index in [1.54, 1.807) is 0 Å². The van der Waals surface area contributed by atoms with E-state index in [2.05, 4.69) is 62.0 Å². The highest BCUT2D eigenvalue weighted by Crippen LogP contribution is 2.29. The number of nitrogens with zero attached hydrogens (tertiary/aromatic N) is 1. The van der Waals surface area contributed by atoms with Crippen molar-refractivity contribution in [3.63, 3.8) is 0 Å². The maximum absolute atomic E-state index is 3.63. The molecular formula is C14H19Br2N. The van der Waals surface area contributed by atoms with Crippen molar-refractivity contribution in [2.75, 3.05) is 18.5 Å². The van der Waals surface area contributed by atoms with Gasteiger partial charge in [0.2, 0.25) is 0 Å². The average molecular weight is 361 g/mol. The molecule has 0 spiro atoms. The number of hydrogen-bond donors (Lipinski definition) is 0. The molecule has 0 radical (unpaired) electrons. The number of alkyl halides is 1. The van der Waals surface area contributed by atoms with E-state index in [1.165, 1.54) is 48.0 Å². The summed E-state index contributed by atoms with van der Waals surface area (Å²) in [6.45, 7) is 1.19. The number of rotatable bonds is 4. The Hall–Kier alpha value is -0.0200. The van der Waals surface area contributed by atoms with Crippen LogP contribution in [0.15, 0.2) is 22.7 Å². The van der Waals surface area contributed by atoms with E-state index in [4.69, 9.17) is 0 Å². The van der Waals surface area contributed by atoms with Gasteiger partial charge in [0.25, 0.3) is 0 Å². The fraction of sp³-hybridized carbons (Fsp3) is 0.571. The fourth-order valence-corrected chi connectivity index (χ4v) is 3.94. The van der Waals surface area contributed by atoms with Crippen molar-refractivity contribution in [1.29, 1.82) is 0 Å². The summed E-state index contributed by atoms with van der Waals surface area (Å²) in [6.07, 6.45) is 5.66. The smallest absolute Gasteiger partial charge is 0.0375 e. The van der Waals surface area contributed by atoms with Gasteiger partial charge in [0.1, 0.15) is 0 Å². The van der Waals surface area contributed by atoms with E-state index in [0.717, 1.165) is 11.2 Å². The van der Waals surface area contributed by atoms with Crippen LogP contribution in [0.25, 0.3) is 0 Å². The van der Waals surface area contributed by atoms with Gasteiger partial charge < -0.3 is 4.90 Å². The lowest BCUT2D eigenvalue weighted by Crippen LogP contribution is -2.23. The summed E-state index contributed by atoms with van der Waals surface area (Å²) in [6, 6.07) is 6.64. The average Bonchev–Trinajstić information content (AvgIpc) is 2.81. The molecule has 1 aromatic carbocycles. The quantitative estimate of drug-likeness (QED) is 0.685. The summed E-state index contributed by atoms with van der Waals surface area (Å²) in [5.74, 6) is 0.898. The summed E-state index contributed by atoms with van der Waals surface area (Å²) < 4.78 is 1.20. The van der Waals surface area contributed by atoms with E-state index in [-0.39, 0.29) is 0 Å². The van der Waals surface area contributed by atoms with E-state index < -0.39 is 0 Å². The van der Waals surface area contributed by atoms with Crippen molar-refractivity contribution in [1.82, 2.24) is 0 Å². The topological polar surface area (TPSA) is 3.24 Å². The summed E-state index contributed by atoms with van der Waals surface area (Å²) >= 11 is 7.13. The van der Waals surface area contributed by atoms with Crippen LogP contribution in [0, 0.1) is 5.92 Å². The molecule has 1 nitrogen and oxygen atoms in total. The van der Waals surface area contributed by atoms with Gasteiger partial charge in [0, 0.05) is 29.1 Å². The molecule has 1 aliphatic rings. The monoisotopic (exact) mass is 359 g/mol. The zero-order valence-electron chi connectivity index (χ0n) is 10.3. The second kappa shape index (κ2) is 6.24. The first-order valence-corrected chi connectivity index (χ1v) is 8.17. The number of halogens is 2. The molecule has 0 amide bonds. The third-order valence-corrected chi connectivity index (χ3v) is 4.97. The number of anilines is 1. The third kappa shape index (κ3) is 3.47. The maximum atomic E-state index is 3.63. The molecule has 0 aliphatic heterocycles. The molecule has 1 saturated carbocycles. The van der Waals surface area contributed by atoms with Crippen LogP contribution in [0.1, 0.15) is 31.2 Å². The van der Waals surface area contributed by atoms with Gasteiger partial charge in [-0.25, -0.2) is 0 Å². The van der Waals surface area contributed by atoms with Gasteiger partial charge >= 0.3 is 0 Å². The summed E-state index contributed by atoms with van der Waals surface area (Å²) in [5, 5.41) is 0.903. The van der Waals surface area contributed by atoms with Gasteiger partial charge in [-0.3, -0.25) is 0 Å². The Labute approximate surface area is 121 Å². The Morgan fingerprint density at radius 2 is 2.00 bits per heavy atom. The Morgan fingerprint density at radius 1 is 1.29 bits per heavy atom. The molecule has 2 rings (SSSR count). The standard InChI is InChI=1S/C14H19Br2N/c1-17(10-11-4-2-3-5-11)13-7-6-12(9-15)14(16)8-13/h6-8,11H,2-5,9-10H2,1H3. The van der Waals surface area contributed by atoms with E-state index in [0.29, 0.717) is 0 Å². The van der Waals surface area contributed by atoms with Crippen molar-refractivity contribution in [3.8, 4) is 0 Å². The third-order valence-electron chi connectivity index (χ3n) is 3.63. The second-order valence-electron chi connectivity index (χ2n) is 4.94. The van der Waals surface area contributed by atoms with Crippen LogP contribution in [0.5, 0.6) is 0 Å². The van der Waals surface area contributed by atoms with Crippen LogP contribution in [0.2, 0.25) is 0 Å². The lowest BCUT2D eigenvalue weighted by Gasteiger charge is -2.23. The highest BCUT2D eigenvalue weighted by Gasteiger charge is 2.17. The molecule has 17 heavy (non-hydrogen) atoms. The molecule has 0 N–H and O–H groups in total. The molecule has 0 heterocycles. The molecule has 1 aliphatic carbocycles. The van der Waals surface area contributed by atoms with Crippen molar-refractivity contribution in [3.05, 3.63) is 28.2 Å². The van der Waals surface area contributed by atoms with Crippen LogP contribution in [0.4, 0.5) is 5.69 Å². The first kappa shape index (κ1) is 13.4. The van der Waals surface area contributed by atoms with Crippen molar-refractivity contribution in [2.45, 2.75) is 31.0 Å². The van der Waals surface area contributed by atoms with Crippen molar-refractivity contribution in [2.24, 2.45) is 5.92 Å². The maximum Gasteiger partial charge on any atom is 0.0375 e. The van der Waals surface area contributed by atoms with Crippen LogP contribution >= 0.6 is 31.9 Å². The molecule has 0 unspecified atom stereocenters. The van der Waals surface area contributed by atoms with Crippen LogP contribution in [0.3, 0.4) is 0 Å². The first-order chi connectivity index (χ1) is 8.20. The first-order valence-electron chi connectivity index (χ1n) is 6.26. The Balaban J connectivity index is 2.02. The van der Waals surface area contributed by atoms with Crippen LogP contribution < -0.4 is 4.90 Å². The van der Waals surface area contributed by atoms with Gasteiger partial charge in [-0.05, 0) is 36.5 Å². The SMILES string of the molecule is CN(CC1CCCC1)c1ccc(CBr)c(Br)c1. The molecule has 1 aromatic rings. The Kier molecular flexibility index (Phi) is 4.92. The second-order valence-corrected chi connectivity index (χ2v) is 6.36. The van der Waals surface area contributed by atoms with Gasteiger partial charge in [-0.15, -0.1) is 0 Å². The minimum absolute atomic E-state index is 0.898. The lowest BCUT2D eigenvalue weighted by molar-refractivity contribution is 0.547. The largest absolute Gasteiger partial charge is 0.374 e. The van der Waals surface area contributed by atoms with E-state index >= 15 is 0 Å². The highest BCUT2D eigenvalue weighted by atomic mass is 79.9. The van der Waals surface area contributed by atoms with Crippen LogP contribution in [-0.4, -0.2) is 13.6 Å². The molecule has 0 aromatic heterocycles. The molecule has 0 bridgehead atoms. The number of benzene rings is 1. The zero-order chi connectivity index (χ0) is 12.3. The normalized spacial score (nSPS) is 16.4. The molecule has 3 heteroatoms. The summed E-state index contributed by atoms with van der Waals surface area (Å²) in [4.78, 5) is 2.39. The summed E-state index contributed by atoms with van der Waals surface area (Å²) in [7, 11) is 2.20. The zero-order valence-corrected chi connectivity index (χ0v) is 13.4. The lowest BCUT2D eigenvalue weighted by atomic mass is 10.1. The minimum Gasteiger partial charge on any atom is -0.374 e. The minimum atomic E-state index is 0.898. The van der Waals surface area contributed by atoms with Crippen molar-refractivity contribution >= 4 is 37.5 Å². The van der Waals surface area contributed by atoms with Crippen molar-refractivity contribution < 1.29 is 0 Å². The van der Waals surface area contributed by atoms with Crippen LogP contribution in [-0.2, 0) is 5.33 Å². The van der Waals surface area contributed by atoms with Gasteiger partial charge in [0.15, 0.2) is 0 Å². The predicted octanol–water partition coefficient (Wildman–Crippen LogP) is 4.97. The summed E-state index contributed by atoms with van der Waals surface area (Å²) in [5.41, 5.74) is 2.62. The Morgan fingerprint density at radius 3 is 2.59 bits per heavy atom. The molecule has 0 saturated heterocycles. The van der Waals surface area contributed by atoms with Gasteiger partial charge in [-0.2, -0.15) is 0 Å². The molecule has 1 fully saturated rings. The molecule has 94 valence electrons. The van der Waals surface area contributed by atoms with E-state index in [9.17, 15) is 0 Å². The number of hydrogen-bond acceptors (Lipinski definition) is 1. The van der Waals surface area contributed by atoms with Gasteiger partial charge in [0.05, 0.1) is 0 Å². The molecule has 0 atom stereocenters. The molecular weight excluding hydrogens is 342 g/mol. The van der Waals surface area contributed by atoms with E-state index in [1.807, 2.05) is 0 Å². The van der Waals surface area contributed by atoms with Gasteiger partial charge in [-0.1, -0.05) is 50.8 Å². The fourth-order valence-electron chi connectivity index (χ4n) is 2.57. The highest BCUT2D eigenvalue weighted by molar-refractivity contribution is 9.10. The Bertz CT molecular complexity index is 372.